The molecular formula is C52H56N6O19. The summed E-state index contributed by atoms with van der Waals surface area (Å²) in [7, 11) is 0. The van der Waals surface area contributed by atoms with E-state index < -0.39 is 72.4 Å². The summed E-state index contributed by atoms with van der Waals surface area (Å²) in [6, 6.07) is 7.35. The van der Waals surface area contributed by atoms with Crippen molar-refractivity contribution in [2.24, 2.45) is 0 Å². The number of esters is 1. The number of rotatable bonds is 20. The molecule has 8 N–H and O–H groups in total. The number of carbonyl (C=O) groups is 7. The van der Waals surface area contributed by atoms with E-state index in [0.717, 1.165) is 16.9 Å². The Labute approximate surface area is 437 Å². The molecule has 408 valence electrons. The van der Waals surface area contributed by atoms with Crippen molar-refractivity contribution >= 4 is 63.9 Å². The average Bonchev–Trinajstić information content (AvgIpc) is 4.34. The van der Waals surface area contributed by atoms with Crippen molar-refractivity contribution in [2.45, 2.75) is 128 Å². The number of aliphatic carboxylic acids is 1. The number of fused-ring (bicyclic) bond motifs is 6. The number of aryl methyl sites for hydroxylation is 1. The highest BCUT2D eigenvalue weighted by Crippen LogP contribution is 2.49. The van der Waals surface area contributed by atoms with Gasteiger partial charge >= 0.3 is 18.0 Å². The highest BCUT2D eigenvalue weighted by atomic mass is 16.7. The maximum Gasteiger partial charge on any atom is 0.412 e. The van der Waals surface area contributed by atoms with Crippen LogP contribution in [-0.4, -0.2) is 132 Å². The lowest BCUT2D eigenvalue weighted by Crippen LogP contribution is -2.61. The molecule has 6 atom stereocenters. The maximum absolute atomic E-state index is 14.1. The van der Waals surface area contributed by atoms with Crippen LogP contribution in [0.5, 0.6) is 17.2 Å². The quantitative estimate of drug-likeness (QED) is 0.0314. The number of amides is 5. The summed E-state index contributed by atoms with van der Waals surface area (Å²) in [5.41, 5.74) is 0.841. The minimum absolute atomic E-state index is 0.0362. The lowest BCUT2D eigenvalue weighted by Gasteiger charge is -2.38. The first-order valence-electron chi connectivity index (χ1n) is 25.1. The average molecular weight is 1070 g/mol. The van der Waals surface area contributed by atoms with Crippen LogP contribution in [0.1, 0.15) is 93.0 Å². The summed E-state index contributed by atoms with van der Waals surface area (Å²) in [6.07, 6.45) is -5.10. The van der Waals surface area contributed by atoms with Gasteiger partial charge in [0.15, 0.2) is 23.2 Å². The highest BCUT2D eigenvalue weighted by molar-refractivity contribution is 6.13. The van der Waals surface area contributed by atoms with E-state index in [0.29, 0.717) is 60.0 Å². The summed E-state index contributed by atoms with van der Waals surface area (Å²) >= 11 is 0. The van der Waals surface area contributed by atoms with Crippen molar-refractivity contribution in [1.82, 2.24) is 19.8 Å². The molecule has 1 fully saturated rings. The first-order chi connectivity index (χ1) is 36.9. The number of aliphatic hydroxyl groups is 4. The Bertz CT molecular complexity index is 3160. The Morgan fingerprint density at radius 1 is 0.870 bits per heavy atom. The molecule has 5 aliphatic rings. The number of unbranched alkanes of at least 4 members (excludes halogenated alkanes) is 3. The zero-order valence-electron chi connectivity index (χ0n) is 41.8. The van der Waals surface area contributed by atoms with Crippen molar-refractivity contribution in [3.63, 3.8) is 0 Å². The van der Waals surface area contributed by atoms with E-state index in [-0.39, 0.29) is 115 Å². The predicted octanol–water partition coefficient (Wildman–Crippen LogP) is 2.10. The van der Waals surface area contributed by atoms with Crippen LogP contribution in [-0.2, 0) is 74.8 Å². The van der Waals surface area contributed by atoms with Gasteiger partial charge in [-0.3, -0.25) is 34.2 Å². The number of carboxylic acids is 1. The van der Waals surface area contributed by atoms with E-state index in [1.54, 1.807) is 19.1 Å². The number of pyridine rings is 2. The monoisotopic (exact) mass is 1070 g/mol. The molecule has 1 saturated heterocycles. The number of aliphatic hydroxyl groups excluding tert-OH is 3. The Morgan fingerprint density at radius 3 is 2.39 bits per heavy atom. The molecule has 0 radical (unpaired) electrons. The molecule has 5 amide bonds. The molecule has 2 aromatic heterocycles. The van der Waals surface area contributed by atoms with Gasteiger partial charge in [-0.2, -0.15) is 0 Å². The fourth-order valence-electron chi connectivity index (χ4n) is 9.88. The molecular weight excluding hydrogens is 1010 g/mol. The van der Waals surface area contributed by atoms with Crippen molar-refractivity contribution < 1.29 is 87.5 Å². The topological polar surface area (TPSA) is 350 Å². The molecule has 4 aromatic rings. The van der Waals surface area contributed by atoms with Gasteiger partial charge in [-0.15, -0.1) is 0 Å². The van der Waals surface area contributed by atoms with Crippen molar-refractivity contribution in [2.75, 3.05) is 30.5 Å². The van der Waals surface area contributed by atoms with Crippen molar-refractivity contribution in [3.05, 3.63) is 80.7 Å². The van der Waals surface area contributed by atoms with Crippen molar-refractivity contribution in [1.29, 1.82) is 0 Å². The second kappa shape index (κ2) is 22.3. The third kappa shape index (κ3) is 10.6. The van der Waals surface area contributed by atoms with Gasteiger partial charge in [0.25, 0.3) is 17.4 Å². The standard InChI is InChI=1S/C52H56N6O19/c1-3-5-9-26-27-21-58-32(19-29-28(47(58)66)23-72-50(69)52(29,71)4-2)40(27)55-31-20-34-45(75-24-74-34)41(39(26)31)56-51(70)73-22-25-11-12-33(76-49-44(65)42(63)43(64)46(77-49)48(67)68)30(18-25)54-36(60)15-16-53-35(59)10-7-6-8-17-57-37(61)13-14-38(57)62/h11-14,18-20,42-44,46,49,63-65,71H,3-10,15-17,21-24H2,1-2H3,(H,53,59)(H,54,60)(H,56,70)(H,67,68)/t42-,43-,44+,46-,49?,52?/m1/s1. The molecule has 2 aromatic carbocycles. The molecule has 2 unspecified atom stereocenters. The lowest BCUT2D eigenvalue weighted by molar-refractivity contribution is -0.271. The van der Waals surface area contributed by atoms with Crippen LogP contribution in [0.3, 0.4) is 0 Å². The SMILES string of the molecule is CCCCc1c2c(nc3cc4c(c(NC(=O)OCc5ccc(OC6O[C@@H](C(=O)O)[C@H](O)[C@@H](O)[C@@H]6O)c(NC(=O)CCNC(=O)CCCCCN6C(=O)C=CC6=O)c5)c13)OCO4)-c1cc3c(c(=O)n1C2)COC(=O)C3(O)CC. The minimum atomic E-state index is -2.04. The molecule has 5 aliphatic heterocycles. The first-order valence-corrected chi connectivity index (χ1v) is 25.1. The number of imide groups is 1. The number of ether oxygens (including phenoxy) is 6. The molecule has 0 saturated carbocycles. The summed E-state index contributed by atoms with van der Waals surface area (Å²) in [6.45, 7) is 2.93. The number of aromatic nitrogens is 2. The van der Waals surface area contributed by atoms with Crippen LogP contribution in [0.15, 0.2) is 47.3 Å². The van der Waals surface area contributed by atoms with Gasteiger partial charge < -0.3 is 69.2 Å². The number of benzene rings is 2. The molecule has 25 nitrogen and oxygen atoms in total. The summed E-state index contributed by atoms with van der Waals surface area (Å²) in [4.78, 5) is 108. The maximum atomic E-state index is 14.1. The van der Waals surface area contributed by atoms with Gasteiger partial charge in [0, 0.05) is 60.7 Å². The Kier molecular flexibility index (Phi) is 15.6. The number of carboxylic acid groups (broad SMARTS) is 1. The number of cyclic esters (lactones) is 1. The Morgan fingerprint density at radius 2 is 1.65 bits per heavy atom. The van der Waals surface area contributed by atoms with Gasteiger partial charge in [0.1, 0.15) is 43.0 Å². The molecule has 25 heteroatoms. The van der Waals surface area contributed by atoms with Crippen molar-refractivity contribution in [3.8, 4) is 28.6 Å². The van der Waals surface area contributed by atoms with E-state index in [9.17, 15) is 63.9 Å². The number of nitrogens with zero attached hydrogens (tertiary/aromatic N) is 3. The molecule has 0 spiro atoms. The van der Waals surface area contributed by atoms with E-state index in [1.165, 1.54) is 34.9 Å². The molecule has 77 heavy (non-hydrogen) atoms. The van der Waals surface area contributed by atoms with Crippen LogP contribution < -0.4 is 35.7 Å². The minimum Gasteiger partial charge on any atom is -0.479 e. The normalized spacial score (nSPS) is 21.8. The zero-order valence-corrected chi connectivity index (χ0v) is 41.8. The zero-order chi connectivity index (χ0) is 54.9. The molecule has 7 heterocycles. The molecule has 0 aliphatic carbocycles. The number of nitrogens with one attached hydrogen (secondary N) is 3. The number of anilines is 2. The Balaban J connectivity index is 0.928. The molecule has 9 rings (SSSR count). The fourth-order valence-corrected chi connectivity index (χ4v) is 9.88. The fraction of sp³-hybridized carbons (Fsp3) is 0.442. The second-order valence-electron chi connectivity index (χ2n) is 19.0. The van der Waals surface area contributed by atoms with Gasteiger partial charge in [0.2, 0.25) is 24.9 Å². The number of hydrogen-bond acceptors (Lipinski definition) is 19. The van der Waals surface area contributed by atoms with E-state index in [4.69, 9.17) is 33.4 Å². The van der Waals surface area contributed by atoms with Crippen LogP contribution in [0.4, 0.5) is 16.2 Å². The van der Waals surface area contributed by atoms with E-state index in [1.807, 2.05) is 6.92 Å². The van der Waals surface area contributed by atoms with Crippen LogP contribution >= 0.6 is 0 Å². The lowest BCUT2D eigenvalue weighted by atomic mass is 9.86. The summed E-state index contributed by atoms with van der Waals surface area (Å²) in [5, 5.41) is 61.0. The smallest absolute Gasteiger partial charge is 0.412 e. The highest BCUT2D eigenvalue weighted by Gasteiger charge is 2.49. The van der Waals surface area contributed by atoms with E-state index in [2.05, 4.69) is 16.0 Å². The van der Waals surface area contributed by atoms with Gasteiger partial charge in [-0.1, -0.05) is 32.8 Å². The molecule has 0 bridgehead atoms. The summed E-state index contributed by atoms with van der Waals surface area (Å²) in [5.74, 6) is -4.02. The number of carbonyl (C=O) groups excluding carboxylic acids is 6. The third-order valence-corrected chi connectivity index (χ3v) is 14.0. The number of hydrogen-bond donors (Lipinski definition) is 8. The van der Waals surface area contributed by atoms with Gasteiger partial charge in [0.05, 0.1) is 34.7 Å². The largest absolute Gasteiger partial charge is 0.479 e. The van der Waals surface area contributed by atoms with Crippen LogP contribution in [0, 0.1) is 0 Å². The van der Waals surface area contributed by atoms with Crippen LogP contribution in [0.2, 0.25) is 0 Å². The Hall–Kier alpha value is -7.97. The second-order valence-corrected chi connectivity index (χ2v) is 19.0. The summed E-state index contributed by atoms with van der Waals surface area (Å²) < 4.78 is 35.3. The first kappa shape index (κ1) is 53.8. The predicted molar refractivity (Wildman–Crippen MR) is 265 cm³/mol. The van der Waals surface area contributed by atoms with Gasteiger partial charge in [-0.25, -0.2) is 19.4 Å². The van der Waals surface area contributed by atoms with Gasteiger partial charge in [-0.05, 0) is 61.4 Å². The van der Waals surface area contributed by atoms with Crippen LogP contribution in [0.25, 0.3) is 22.3 Å². The van der Waals surface area contributed by atoms with E-state index >= 15 is 0 Å². The third-order valence-electron chi connectivity index (χ3n) is 14.0.